The Morgan fingerprint density at radius 1 is 1.00 bits per heavy atom. The van der Waals surface area contributed by atoms with Gasteiger partial charge in [0, 0.05) is 12.1 Å². The zero-order chi connectivity index (χ0) is 16.5. The predicted octanol–water partition coefficient (Wildman–Crippen LogP) is 4.32. The Hall–Kier alpha value is -3.19. The van der Waals surface area contributed by atoms with Gasteiger partial charge in [0.15, 0.2) is 0 Å². The van der Waals surface area contributed by atoms with E-state index in [2.05, 4.69) is 15.0 Å². The van der Waals surface area contributed by atoms with Gasteiger partial charge in [0.25, 0.3) is 5.69 Å². The van der Waals surface area contributed by atoms with Crippen LogP contribution in [0.25, 0.3) is 33.4 Å². The van der Waals surface area contributed by atoms with Gasteiger partial charge in [0.05, 0.1) is 38.1 Å². The Morgan fingerprint density at radius 3 is 2.67 bits per heavy atom. The van der Waals surface area contributed by atoms with Crippen molar-refractivity contribution in [2.45, 2.75) is 0 Å². The predicted molar refractivity (Wildman–Crippen MR) is 94.7 cm³/mol. The van der Waals surface area contributed by atoms with Crippen molar-refractivity contribution >= 4 is 50.4 Å². The molecule has 0 spiro atoms. The minimum absolute atomic E-state index is 0.0714. The third kappa shape index (κ3) is 2.72. The number of nitro groups is 1. The number of hydrogen-bond acceptors (Lipinski definition) is 6. The standard InChI is InChI=1S/C17H10N4O2S/c22-21(23)12-6-7-15-16(9-12)24-17(20-15)8-5-11-10-18-13-3-1-2-4-14(13)19-11/h1-10H/b8-5+. The van der Waals surface area contributed by atoms with Gasteiger partial charge < -0.3 is 0 Å². The number of nitro benzene ring substituents is 1. The quantitative estimate of drug-likeness (QED) is 0.412. The largest absolute Gasteiger partial charge is 0.270 e. The second kappa shape index (κ2) is 5.78. The van der Waals surface area contributed by atoms with Crippen LogP contribution in [0.2, 0.25) is 0 Å². The van der Waals surface area contributed by atoms with E-state index < -0.39 is 4.92 Å². The Balaban J connectivity index is 1.66. The number of non-ortho nitro benzene ring substituents is 1. The number of fused-ring (bicyclic) bond motifs is 2. The van der Waals surface area contributed by atoms with Crippen molar-refractivity contribution in [2.75, 3.05) is 0 Å². The maximum Gasteiger partial charge on any atom is 0.270 e. The first kappa shape index (κ1) is 14.4. The van der Waals surface area contributed by atoms with Crippen LogP contribution < -0.4 is 0 Å². The molecule has 24 heavy (non-hydrogen) atoms. The molecule has 0 amide bonds. The third-order valence-corrected chi connectivity index (χ3v) is 4.45. The maximum atomic E-state index is 10.8. The van der Waals surface area contributed by atoms with Crippen LogP contribution in [0.1, 0.15) is 10.7 Å². The van der Waals surface area contributed by atoms with Crippen molar-refractivity contribution in [1.82, 2.24) is 15.0 Å². The highest BCUT2D eigenvalue weighted by molar-refractivity contribution is 7.19. The van der Waals surface area contributed by atoms with E-state index >= 15 is 0 Å². The molecule has 116 valence electrons. The summed E-state index contributed by atoms with van der Waals surface area (Å²) in [6.45, 7) is 0. The number of aromatic nitrogens is 3. The minimum atomic E-state index is -0.403. The molecule has 2 heterocycles. The molecule has 0 saturated heterocycles. The number of thiazole rings is 1. The third-order valence-electron chi connectivity index (χ3n) is 3.46. The van der Waals surface area contributed by atoms with Gasteiger partial charge in [0.1, 0.15) is 5.01 Å². The molecule has 2 aromatic heterocycles. The lowest BCUT2D eigenvalue weighted by Crippen LogP contribution is -1.86. The van der Waals surface area contributed by atoms with Gasteiger partial charge in [0.2, 0.25) is 0 Å². The van der Waals surface area contributed by atoms with E-state index in [9.17, 15) is 10.1 Å². The molecule has 0 unspecified atom stereocenters. The first-order valence-corrected chi connectivity index (χ1v) is 7.95. The normalized spacial score (nSPS) is 11.5. The fourth-order valence-electron chi connectivity index (χ4n) is 2.32. The molecule has 4 aromatic rings. The van der Waals surface area contributed by atoms with Crippen LogP contribution in [-0.2, 0) is 0 Å². The topological polar surface area (TPSA) is 81.8 Å². The van der Waals surface area contributed by atoms with Crippen LogP contribution in [0, 0.1) is 10.1 Å². The number of nitrogens with zero attached hydrogens (tertiary/aromatic N) is 4. The Labute approximate surface area is 140 Å². The van der Waals surface area contributed by atoms with Gasteiger partial charge in [-0.25, -0.2) is 9.97 Å². The van der Waals surface area contributed by atoms with Crippen molar-refractivity contribution in [3.8, 4) is 0 Å². The van der Waals surface area contributed by atoms with Crippen LogP contribution in [0.15, 0.2) is 48.7 Å². The molecule has 6 nitrogen and oxygen atoms in total. The first-order valence-electron chi connectivity index (χ1n) is 7.14. The van der Waals surface area contributed by atoms with Gasteiger partial charge in [-0.15, -0.1) is 11.3 Å². The van der Waals surface area contributed by atoms with E-state index in [1.54, 1.807) is 18.3 Å². The van der Waals surface area contributed by atoms with Gasteiger partial charge in [-0.05, 0) is 30.4 Å². The smallest absolute Gasteiger partial charge is 0.258 e. The molecule has 0 atom stereocenters. The summed E-state index contributed by atoms with van der Waals surface area (Å²) in [4.78, 5) is 23.8. The molecule has 0 fully saturated rings. The minimum Gasteiger partial charge on any atom is -0.258 e. The molecule has 7 heteroatoms. The molecular weight excluding hydrogens is 324 g/mol. The molecular formula is C17H10N4O2S. The zero-order valence-electron chi connectivity index (χ0n) is 12.3. The van der Waals surface area contributed by atoms with E-state index in [0.29, 0.717) is 0 Å². The number of rotatable bonds is 3. The number of para-hydroxylation sites is 2. The Kier molecular flexibility index (Phi) is 3.47. The van der Waals surface area contributed by atoms with Crippen molar-refractivity contribution in [2.24, 2.45) is 0 Å². The van der Waals surface area contributed by atoms with Gasteiger partial charge >= 0.3 is 0 Å². The highest BCUT2D eigenvalue weighted by Crippen LogP contribution is 2.27. The summed E-state index contributed by atoms with van der Waals surface area (Å²) in [6, 6.07) is 12.3. The highest BCUT2D eigenvalue weighted by atomic mass is 32.1. The monoisotopic (exact) mass is 334 g/mol. The lowest BCUT2D eigenvalue weighted by molar-refractivity contribution is -0.384. The van der Waals surface area contributed by atoms with E-state index in [1.807, 2.05) is 36.4 Å². The number of hydrogen-bond donors (Lipinski definition) is 0. The summed E-state index contributed by atoms with van der Waals surface area (Å²) in [5.41, 5.74) is 3.23. The van der Waals surface area contributed by atoms with E-state index in [-0.39, 0.29) is 5.69 Å². The molecule has 0 saturated carbocycles. The second-order valence-corrected chi connectivity index (χ2v) is 6.14. The van der Waals surface area contributed by atoms with Crippen LogP contribution in [0.3, 0.4) is 0 Å². The van der Waals surface area contributed by atoms with E-state index in [4.69, 9.17) is 0 Å². The van der Waals surface area contributed by atoms with E-state index in [1.165, 1.54) is 17.4 Å². The summed E-state index contributed by atoms with van der Waals surface area (Å²) in [6.07, 6.45) is 5.39. The summed E-state index contributed by atoms with van der Waals surface area (Å²) >= 11 is 1.40. The molecule has 0 bridgehead atoms. The summed E-state index contributed by atoms with van der Waals surface area (Å²) < 4.78 is 0.786. The van der Waals surface area contributed by atoms with E-state index in [0.717, 1.165) is 32.0 Å². The molecule has 2 aromatic carbocycles. The average Bonchev–Trinajstić information content (AvgIpc) is 3.01. The fraction of sp³-hybridized carbons (Fsp3) is 0. The van der Waals surface area contributed by atoms with Crippen molar-refractivity contribution in [3.63, 3.8) is 0 Å². The summed E-state index contributed by atoms with van der Waals surface area (Å²) in [5, 5.41) is 11.6. The zero-order valence-corrected chi connectivity index (χ0v) is 13.1. The van der Waals surface area contributed by atoms with Gasteiger partial charge in [-0.1, -0.05) is 12.1 Å². The lowest BCUT2D eigenvalue weighted by Gasteiger charge is -1.96. The van der Waals surface area contributed by atoms with Gasteiger partial charge in [-0.3, -0.25) is 15.1 Å². The fourth-order valence-corrected chi connectivity index (χ4v) is 3.23. The van der Waals surface area contributed by atoms with Crippen molar-refractivity contribution < 1.29 is 4.92 Å². The van der Waals surface area contributed by atoms with Gasteiger partial charge in [-0.2, -0.15) is 0 Å². The average molecular weight is 334 g/mol. The van der Waals surface area contributed by atoms with Crippen LogP contribution in [-0.4, -0.2) is 19.9 Å². The lowest BCUT2D eigenvalue weighted by atomic mass is 10.3. The van der Waals surface area contributed by atoms with Crippen molar-refractivity contribution in [1.29, 1.82) is 0 Å². The second-order valence-electron chi connectivity index (χ2n) is 5.08. The molecule has 4 rings (SSSR count). The molecule has 0 aliphatic carbocycles. The summed E-state index contributed by atoms with van der Waals surface area (Å²) in [5.74, 6) is 0. The summed E-state index contributed by atoms with van der Waals surface area (Å²) in [7, 11) is 0. The first-order chi connectivity index (χ1) is 11.7. The van der Waals surface area contributed by atoms with Crippen LogP contribution in [0.4, 0.5) is 5.69 Å². The SMILES string of the molecule is O=[N+]([O-])c1ccc2nc(/C=C/c3cnc4ccccc4n3)sc2c1. The Morgan fingerprint density at radius 2 is 1.83 bits per heavy atom. The molecule has 0 aliphatic heterocycles. The molecule has 0 radical (unpaired) electrons. The molecule has 0 N–H and O–H groups in total. The molecule has 0 aliphatic rings. The van der Waals surface area contributed by atoms with Crippen LogP contribution in [0.5, 0.6) is 0 Å². The van der Waals surface area contributed by atoms with Crippen molar-refractivity contribution in [3.05, 3.63) is 69.5 Å². The highest BCUT2D eigenvalue weighted by Gasteiger charge is 2.09. The number of benzene rings is 2. The van der Waals surface area contributed by atoms with Crippen LogP contribution >= 0.6 is 11.3 Å². The maximum absolute atomic E-state index is 10.8. The Bertz CT molecular complexity index is 1100.